The minimum absolute atomic E-state index is 0.0162. The van der Waals surface area contributed by atoms with Gasteiger partial charge in [0.05, 0.1) is 23.9 Å². The molecule has 1 N–H and O–H groups in total. The fourth-order valence-corrected chi connectivity index (χ4v) is 4.42. The zero-order valence-electron chi connectivity index (χ0n) is 14.5. The SMILES string of the molecule is CC1=C[C@@H](O/C=C2/C(=O)O[C@H]3[C@@H]2C=C2[C@H]3C(C)(C)CC[C@@H]2O)OC1=O. The maximum Gasteiger partial charge on any atom is 0.338 e. The number of hydrogen-bond acceptors (Lipinski definition) is 6. The number of fused-ring (bicyclic) bond motifs is 3. The average Bonchev–Trinajstić information content (AvgIpc) is 3.15. The topological polar surface area (TPSA) is 82.1 Å². The first-order chi connectivity index (χ1) is 11.8. The molecule has 2 heterocycles. The molecule has 4 rings (SSSR count). The van der Waals surface area contributed by atoms with Crippen LogP contribution in [-0.2, 0) is 23.8 Å². The highest BCUT2D eigenvalue weighted by molar-refractivity contribution is 5.92. The summed E-state index contributed by atoms with van der Waals surface area (Å²) in [4.78, 5) is 23.7. The van der Waals surface area contributed by atoms with E-state index < -0.39 is 24.3 Å². The highest BCUT2D eigenvalue weighted by atomic mass is 16.7. The van der Waals surface area contributed by atoms with Crippen molar-refractivity contribution in [2.24, 2.45) is 17.3 Å². The first-order valence-electron chi connectivity index (χ1n) is 8.63. The summed E-state index contributed by atoms with van der Waals surface area (Å²) in [6.07, 6.45) is 4.88. The number of aliphatic hydroxyl groups excluding tert-OH is 1. The van der Waals surface area contributed by atoms with Crippen molar-refractivity contribution in [3.8, 4) is 0 Å². The monoisotopic (exact) mass is 346 g/mol. The van der Waals surface area contributed by atoms with E-state index in [1.165, 1.54) is 6.26 Å². The van der Waals surface area contributed by atoms with E-state index in [0.29, 0.717) is 11.1 Å². The first-order valence-corrected chi connectivity index (χ1v) is 8.63. The van der Waals surface area contributed by atoms with E-state index in [0.717, 1.165) is 18.4 Å². The van der Waals surface area contributed by atoms with Gasteiger partial charge in [-0.25, -0.2) is 9.59 Å². The summed E-state index contributed by atoms with van der Waals surface area (Å²) in [5.41, 5.74) is 1.81. The van der Waals surface area contributed by atoms with Crippen LogP contribution >= 0.6 is 0 Å². The second kappa shape index (κ2) is 5.46. The fourth-order valence-electron chi connectivity index (χ4n) is 4.42. The molecule has 0 unspecified atom stereocenters. The Balaban J connectivity index is 1.59. The Kier molecular flexibility index (Phi) is 3.58. The van der Waals surface area contributed by atoms with Crippen LogP contribution < -0.4 is 0 Å². The van der Waals surface area contributed by atoms with Crippen molar-refractivity contribution in [3.63, 3.8) is 0 Å². The van der Waals surface area contributed by atoms with Crippen LogP contribution in [0.3, 0.4) is 0 Å². The lowest BCUT2D eigenvalue weighted by molar-refractivity contribution is -0.152. The van der Waals surface area contributed by atoms with Gasteiger partial charge in [-0.15, -0.1) is 0 Å². The molecule has 0 aromatic heterocycles. The third-order valence-electron chi connectivity index (χ3n) is 5.80. The lowest BCUT2D eigenvalue weighted by Gasteiger charge is -2.42. The number of cyclic esters (lactones) is 1. The number of carbonyl (C=O) groups is 2. The van der Waals surface area contributed by atoms with E-state index in [2.05, 4.69) is 13.8 Å². The summed E-state index contributed by atoms with van der Waals surface area (Å²) in [6.45, 7) is 5.95. The Morgan fingerprint density at radius 1 is 1.24 bits per heavy atom. The van der Waals surface area contributed by atoms with Gasteiger partial charge in [-0.2, -0.15) is 0 Å². The van der Waals surface area contributed by atoms with Gasteiger partial charge in [-0.1, -0.05) is 19.9 Å². The molecule has 134 valence electrons. The van der Waals surface area contributed by atoms with Gasteiger partial charge >= 0.3 is 11.9 Å². The number of carbonyl (C=O) groups excluding carboxylic acids is 2. The Bertz CT molecular complexity index is 728. The summed E-state index contributed by atoms with van der Waals surface area (Å²) >= 11 is 0. The van der Waals surface area contributed by atoms with E-state index in [9.17, 15) is 14.7 Å². The van der Waals surface area contributed by atoms with Crippen molar-refractivity contribution >= 4 is 11.9 Å². The van der Waals surface area contributed by atoms with Gasteiger partial charge in [0.15, 0.2) is 0 Å². The van der Waals surface area contributed by atoms with E-state index in [4.69, 9.17) is 14.2 Å². The molecule has 25 heavy (non-hydrogen) atoms. The predicted molar refractivity (Wildman–Crippen MR) is 86.8 cm³/mol. The van der Waals surface area contributed by atoms with Crippen molar-refractivity contribution in [2.45, 2.75) is 52.1 Å². The van der Waals surface area contributed by atoms with E-state index in [-0.39, 0.29) is 23.4 Å². The molecule has 0 aromatic carbocycles. The van der Waals surface area contributed by atoms with Gasteiger partial charge in [0, 0.05) is 17.6 Å². The van der Waals surface area contributed by atoms with E-state index in [1.807, 2.05) is 6.08 Å². The summed E-state index contributed by atoms with van der Waals surface area (Å²) in [5, 5.41) is 10.4. The van der Waals surface area contributed by atoms with Crippen LogP contribution in [0, 0.1) is 17.3 Å². The lowest BCUT2D eigenvalue weighted by atomic mass is 9.65. The van der Waals surface area contributed by atoms with Gasteiger partial charge in [-0.3, -0.25) is 0 Å². The average molecular weight is 346 g/mol. The molecule has 0 aromatic rings. The summed E-state index contributed by atoms with van der Waals surface area (Å²) in [7, 11) is 0. The Labute approximate surface area is 146 Å². The van der Waals surface area contributed by atoms with Crippen LogP contribution in [0.2, 0.25) is 0 Å². The van der Waals surface area contributed by atoms with E-state index >= 15 is 0 Å². The number of aliphatic hydroxyl groups is 1. The van der Waals surface area contributed by atoms with Crippen molar-refractivity contribution in [3.05, 3.63) is 35.1 Å². The second-order valence-electron chi connectivity index (χ2n) is 7.92. The third-order valence-corrected chi connectivity index (χ3v) is 5.80. The van der Waals surface area contributed by atoms with Gasteiger partial charge in [0.1, 0.15) is 6.10 Å². The number of hydrogen-bond donors (Lipinski definition) is 1. The molecule has 2 fully saturated rings. The Morgan fingerprint density at radius 2 is 2.00 bits per heavy atom. The number of ether oxygens (including phenoxy) is 3. The molecule has 0 spiro atoms. The van der Waals surface area contributed by atoms with Gasteiger partial charge in [0.25, 0.3) is 6.29 Å². The van der Waals surface area contributed by atoms with Crippen LogP contribution in [-0.4, -0.2) is 35.5 Å². The fraction of sp³-hybridized carbons (Fsp3) is 0.579. The molecule has 2 aliphatic heterocycles. The third kappa shape index (κ3) is 2.51. The van der Waals surface area contributed by atoms with Crippen molar-refractivity contribution in [1.82, 2.24) is 0 Å². The minimum atomic E-state index is -0.815. The molecular formula is C19H22O6. The minimum Gasteiger partial charge on any atom is -0.458 e. The maximum atomic E-state index is 12.3. The van der Waals surface area contributed by atoms with Crippen molar-refractivity contribution in [2.75, 3.05) is 0 Å². The summed E-state index contributed by atoms with van der Waals surface area (Å²) < 4.78 is 16.1. The predicted octanol–water partition coefficient (Wildman–Crippen LogP) is 1.99. The van der Waals surface area contributed by atoms with E-state index in [1.54, 1.807) is 13.0 Å². The highest BCUT2D eigenvalue weighted by Crippen LogP contribution is 2.55. The van der Waals surface area contributed by atoms with Gasteiger partial charge < -0.3 is 19.3 Å². The molecule has 5 atom stereocenters. The normalized spacial score (nSPS) is 40.2. The summed E-state index contributed by atoms with van der Waals surface area (Å²) in [6, 6.07) is 0. The molecule has 4 aliphatic rings. The Morgan fingerprint density at radius 3 is 2.68 bits per heavy atom. The molecule has 1 saturated carbocycles. The van der Waals surface area contributed by atoms with Crippen LogP contribution in [0.15, 0.2) is 35.1 Å². The quantitative estimate of drug-likeness (QED) is 0.356. The lowest BCUT2D eigenvalue weighted by Crippen LogP contribution is -2.41. The Hall–Kier alpha value is -2.08. The molecule has 0 bridgehead atoms. The van der Waals surface area contributed by atoms with Gasteiger partial charge in [-0.05, 0) is 30.8 Å². The van der Waals surface area contributed by atoms with Crippen molar-refractivity contribution in [1.29, 1.82) is 0 Å². The molecule has 1 saturated heterocycles. The van der Waals surface area contributed by atoms with Crippen LogP contribution in [0.1, 0.15) is 33.6 Å². The summed E-state index contributed by atoms with van der Waals surface area (Å²) in [5.74, 6) is -1.05. The zero-order valence-corrected chi connectivity index (χ0v) is 14.5. The highest BCUT2D eigenvalue weighted by Gasteiger charge is 2.56. The molecule has 6 heteroatoms. The number of esters is 2. The van der Waals surface area contributed by atoms with Crippen molar-refractivity contribution < 1.29 is 28.9 Å². The smallest absolute Gasteiger partial charge is 0.338 e. The largest absolute Gasteiger partial charge is 0.458 e. The van der Waals surface area contributed by atoms with Crippen LogP contribution in [0.25, 0.3) is 0 Å². The molecule has 2 aliphatic carbocycles. The molecule has 0 amide bonds. The maximum absolute atomic E-state index is 12.3. The molecule has 0 radical (unpaired) electrons. The molecule has 6 nitrogen and oxygen atoms in total. The molecular weight excluding hydrogens is 324 g/mol. The van der Waals surface area contributed by atoms with Crippen LogP contribution in [0.5, 0.6) is 0 Å². The standard InChI is InChI=1S/C19H22O6/c1-9-6-14(24-17(9)21)23-8-12-10-7-11-13(20)4-5-19(2,3)15(11)16(10)25-18(12)22/h6-8,10,13-16,20H,4-5H2,1-3H3/b12-8+/t10-,13+,14+,15-,16+/m1/s1. The number of rotatable bonds is 2. The first kappa shape index (κ1) is 16.4. The second-order valence-corrected chi connectivity index (χ2v) is 7.92. The zero-order chi connectivity index (χ0) is 17.9. The van der Waals surface area contributed by atoms with Crippen LogP contribution in [0.4, 0.5) is 0 Å². The van der Waals surface area contributed by atoms with Gasteiger partial charge in [0.2, 0.25) is 0 Å².